The summed E-state index contributed by atoms with van der Waals surface area (Å²) in [6.07, 6.45) is 4.01. The number of carbonyl (C=O) groups excluding carboxylic acids is 2. The van der Waals surface area contributed by atoms with Crippen LogP contribution in [0.25, 0.3) is 39.3 Å². The molecule has 12 nitrogen and oxygen atoms in total. The van der Waals surface area contributed by atoms with Crippen LogP contribution in [0.3, 0.4) is 0 Å². The second-order valence-electron chi connectivity index (χ2n) is 18.4. The lowest BCUT2D eigenvalue weighted by Crippen LogP contribution is -3.00. The summed E-state index contributed by atoms with van der Waals surface area (Å²) in [4.78, 5) is 70.3. The van der Waals surface area contributed by atoms with Gasteiger partial charge in [-0.1, -0.05) is 81.1 Å². The van der Waals surface area contributed by atoms with E-state index in [1.165, 1.54) is 15.9 Å². The SMILES string of the molecule is C=Cc1c(C)c2cc3nc(c(CC(=O)NCCNC(=O)CCC[P+](c4ccccc4)(c4ccccc4)c4ccccc4)c4[nH]c(cc5nc(cc1[nH]2)C(C)=C5CC)c(C)c4C(=O)O)C(CCC(=O)O)C3C.[Cl-]. The molecule has 72 heavy (non-hydrogen) atoms. The van der Waals surface area contributed by atoms with Gasteiger partial charge in [0.25, 0.3) is 0 Å². The van der Waals surface area contributed by atoms with Crippen molar-refractivity contribution in [3.8, 4) is 0 Å². The number of nitrogens with one attached hydrogen (secondary N) is 4. The van der Waals surface area contributed by atoms with E-state index in [1.54, 1.807) is 6.92 Å². The lowest BCUT2D eigenvalue weighted by molar-refractivity contribution is -0.137. The number of hydrogen-bond donors (Lipinski definition) is 6. The van der Waals surface area contributed by atoms with Crippen LogP contribution in [-0.4, -0.2) is 73.2 Å². The first-order chi connectivity index (χ1) is 34.2. The number of allylic oxidation sites excluding steroid dienone is 2. The van der Waals surface area contributed by atoms with Gasteiger partial charge in [-0.2, -0.15) is 0 Å². The molecule has 372 valence electrons. The summed E-state index contributed by atoms with van der Waals surface area (Å²) in [6, 6.07) is 37.5. The third-order valence-corrected chi connectivity index (χ3v) is 18.7. The van der Waals surface area contributed by atoms with Gasteiger partial charge in [0, 0.05) is 71.1 Å². The number of aliphatic carboxylic acids is 1. The van der Waals surface area contributed by atoms with Gasteiger partial charge >= 0.3 is 11.9 Å². The summed E-state index contributed by atoms with van der Waals surface area (Å²) in [5.41, 5.74) is 9.65. The molecule has 0 spiro atoms. The highest BCUT2D eigenvalue weighted by molar-refractivity contribution is 7.95. The minimum atomic E-state index is -2.11. The Balaban J connectivity index is 0.00000760. The number of carboxylic acid groups (broad SMARTS) is 2. The van der Waals surface area contributed by atoms with E-state index < -0.39 is 31.0 Å². The number of aromatic nitrogens is 4. The maximum atomic E-state index is 14.2. The first-order valence-corrected chi connectivity index (χ1v) is 26.4. The van der Waals surface area contributed by atoms with Crippen molar-refractivity contribution in [3.05, 3.63) is 166 Å². The summed E-state index contributed by atoms with van der Waals surface area (Å²) in [5.74, 6) is -3.45. The van der Waals surface area contributed by atoms with Gasteiger partial charge in [-0.15, -0.1) is 0 Å². The smallest absolute Gasteiger partial charge is 0.338 e. The Morgan fingerprint density at radius 1 is 0.736 bits per heavy atom. The van der Waals surface area contributed by atoms with E-state index in [0.717, 1.165) is 45.2 Å². The highest BCUT2D eigenvalue weighted by Gasteiger charge is 2.44. The second kappa shape index (κ2) is 22.9. The van der Waals surface area contributed by atoms with Gasteiger partial charge in [-0.05, 0) is 117 Å². The summed E-state index contributed by atoms with van der Waals surface area (Å²) in [5, 5.41) is 30.5. The van der Waals surface area contributed by atoms with E-state index in [9.17, 15) is 29.4 Å². The lowest BCUT2D eigenvalue weighted by Gasteiger charge is -2.27. The van der Waals surface area contributed by atoms with Crippen molar-refractivity contribution in [3.63, 3.8) is 0 Å². The van der Waals surface area contributed by atoms with Crippen LogP contribution in [0.5, 0.6) is 0 Å². The Labute approximate surface area is 427 Å². The summed E-state index contributed by atoms with van der Waals surface area (Å²) in [7, 11) is -2.11. The fourth-order valence-electron chi connectivity index (χ4n) is 10.4. The molecular formula is C58H62ClN6O6P. The number of aryl methyl sites for hydroxylation is 2. The predicted octanol–water partition coefficient (Wildman–Crippen LogP) is 6.92. The van der Waals surface area contributed by atoms with E-state index in [0.29, 0.717) is 53.0 Å². The quantitative estimate of drug-likeness (QED) is 0.0395. The zero-order valence-electron chi connectivity index (χ0n) is 41.4. The second-order valence-corrected chi connectivity index (χ2v) is 22.1. The van der Waals surface area contributed by atoms with E-state index in [1.807, 2.05) is 63.2 Å². The molecule has 2 atom stereocenters. The maximum absolute atomic E-state index is 14.2. The fraction of sp³-hybridized carbons (Fsp3) is 0.276. The van der Waals surface area contributed by atoms with E-state index in [2.05, 4.69) is 107 Å². The molecule has 0 fully saturated rings. The summed E-state index contributed by atoms with van der Waals surface area (Å²) >= 11 is 0. The van der Waals surface area contributed by atoms with Crippen LogP contribution < -0.4 is 39.0 Å². The van der Waals surface area contributed by atoms with Crippen molar-refractivity contribution in [2.45, 2.75) is 85.0 Å². The number of H-pyrrole nitrogens is 2. The van der Waals surface area contributed by atoms with Gasteiger partial charge in [0.05, 0.1) is 40.7 Å². The number of aromatic carboxylic acids is 1. The molecule has 14 heteroatoms. The van der Waals surface area contributed by atoms with Gasteiger partial charge in [0.2, 0.25) is 11.8 Å². The Hall–Kier alpha value is -7.14. The molecule has 6 N–H and O–H groups in total. The third kappa shape index (κ3) is 10.7. The monoisotopic (exact) mass is 1000 g/mol. The van der Waals surface area contributed by atoms with Crippen LogP contribution in [0.15, 0.2) is 116 Å². The predicted molar refractivity (Wildman–Crippen MR) is 287 cm³/mol. The molecule has 0 saturated heterocycles. The van der Waals surface area contributed by atoms with Crippen molar-refractivity contribution < 1.29 is 41.8 Å². The average molecular weight is 1010 g/mol. The van der Waals surface area contributed by atoms with Crippen LogP contribution in [0.2, 0.25) is 0 Å². The molecule has 0 saturated carbocycles. The van der Waals surface area contributed by atoms with Gasteiger partial charge in [-0.25, -0.2) is 9.78 Å². The Morgan fingerprint density at radius 3 is 1.86 bits per heavy atom. The van der Waals surface area contributed by atoms with Crippen molar-refractivity contribution in [2.24, 2.45) is 0 Å². The number of carbonyl (C=O) groups is 4. The standard InChI is InChI=1S/C58H61N6O6P.ClH/c1-7-42-35(3)46-32-48-37(5)44(26-27-54(67)68)56(63-48)45(57-55(58(69)70)38(6)49(64-57)34-51-43(8-2)36(4)47(62-51)33-50(42)61-46)31-53(66)60-29-28-59-52(65)25-18-30-71(39-19-12-9-13-20-39,40-21-14-10-15-22-40)41-23-16-11-17-24-41;/h7,9-17,19-24,32-34,37,44H,1,8,18,25-31H2,2-6H3,(H5-,59,60,61,62,63,64,65,66,67,68,69,70);1H. The molecule has 2 unspecified atom stereocenters. The molecule has 2 aliphatic rings. The number of fused-ring (bicyclic) bond motifs is 8. The Morgan fingerprint density at radius 2 is 1.31 bits per heavy atom. The first-order valence-electron chi connectivity index (χ1n) is 24.4. The number of carboxylic acids is 2. The van der Waals surface area contributed by atoms with Gasteiger partial charge in [-0.3, -0.25) is 19.4 Å². The molecule has 3 aromatic carbocycles. The van der Waals surface area contributed by atoms with Crippen LogP contribution in [0.4, 0.5) is 0 Å². The zero-order valence-corrected chi connectivity index (χ0v) is 43.1. The molecule has 8 bridgehead atoms. The molecule has 8 rings (SSSR count). The van der Waals surface area contributed by atoms with Crippen molar-refractivity contribution in [1.29, 1.82) is 0 Å². The zero-order chi connectivity index (χ0) is 50.4. The third-order valence-electron chi connectivity index (χ3n) is 14.2. The molecule has 3 aromatic heterocycles. The normalized spacial score (nSPS) is 14.3. The molecule has 2 aliphatic heterocycles. The van der Waals surface area contributed by atoms with Crippen LogP contribution >= 0.6 is 7.26 Å². The highest BCUT2D eigenvalue weighted by Crippen LogP contribution is 2.56. The highest BCUT2D eigenvalue weighted by atomic mass is 35.5. The van der Waals surface area contributed by atoms with E-state index >= 15 is 0 Å². The van der Waals surface area contributed by atoms with Crippen LogP contribution in [0.1, 0.15) is 120 Å². The Kier molecular flexibility index (Phi) is 16.8. The molecular weight excluding hydrogens is 943 g/mol. The molecule has 2 amide bonds. The van der Waals surface area contributed by atoms with Gasteiger partial charge in [0.1, 0.15) is 23.2 Å². The number of aromatic amines is 2. The first kappa shape index (κ1) is 52.7. The minimum absolute atomic E-state index is 0. The minimum Gasteiger partial charge on any atom is -1.00 e. The number of rotatable bonds is 18. The fourth-order valence-corrected chi connectivity index (χ4v) is 14.8. The molecule has 5 heterocycles. The van der Waals surface area contributed by atoms with Crippen molar-refractivity contribution in [1.82, 2.24) is 30.6 Å². The summed E-state index contributed by atoms with van der Waals surface area (Å²) in [6.45, 7) is 14.2. The van der Waals surface area contributed by atoms with Crippen molar-refractivity contribution >= 4 is 86.2 Å². The number of benzene rings is 3. The van der Waals surface area contributed by atoms with E-state index in [4.69, 9.17) is 9.97 Å². The Bertz CT molecular complexity index is 3130. The van der Waals surface area contributed by atoms with Crippen LogP contribution in [-0.2, 0) is 20.8 Å². The largest absolute Gasteiger partial charge is 1.00 e. The number of nitrogens with zero attached hydrogens (tertiary/aromatic N) is 2. The number of amides is 2. The average Bonchev–Trinajstić information content (AvgIpc) is 4.06. The van der Waals surface area contributed by atoms with Gasteiger partial charge < -0.3 is 43.2 Å². The molecule has 6 aromatic rings. The van der Waals surface area contributed by atoms with Gasteiger partial charge in [0.15, 0.2) is 0 Å². The molecule has 0 radical (unpaired) electrons. The molecule has 0 aliphatic carbocycles. The van der Waals surface area contributed by atoms with Crippen molar-refractivity contribution in [2.75, 3.05) is 19.3 Å². The van der Waals surface area contributed by atoms with E-state index in [-0.39, 0.29) is 67.7 Å². The summed E-state index contributed by atoms with van der Waals surface area (Å²) < 4.78 is 0. The number of hydrogen-bond acceptors (Lipinski definition) is 6. The number of halogens is 1. The lowest BCUT2D eigenvalue weighted by atomic mass is 9.85. The van der Waals surface area contributed by atoms with Crippen LogP contribution in [0, 0.1) is 13.8 Å². The maximum Gasteiger partial charge on any atom is 0.338 e. The topological polar surface area (TPSA) is 190 Å².